The topological polar surface area (TPSA) is 144 Å². The van der Waals surface area contributed by atoms with Crippen molar-refractivity contribution in [3.8, 4) is 22.6 Å². The molecule has 0 saturated heterocycles. The normalized spacial score (nSPS) is 11.6. The third-order valence-electron chi connectivity index (χ3n) is 6.35. The Kier molecular flexibility index (Phi) is 12.2. The number of nitrogens with one attached hydrogen (secondary N) is 1. The van der Waals surface area contributed by atoms with Crippen LogP contribution in [0.15, 0.2) is 102 Å². The predicted molar refractivity (Wildman–Crippen MR) is 170 cm³/mol. The van der Waals surface area contributed by atoms with E-state index in [9.17, 15) is 19.5 Å². The van der Waals surface area contributed by atoms with Crippen LogP contribution in [-0.4, -0.2) is 45.8 Å². The minimum atomic E-state index is -1.38. The standard InChI is InChI=1S/C33H28BrClN2O8/c34-32-23(9-4-10-25(32)22-7-2-1-3-8-22)20-44-29-15-28(43-19-21-6-5-13-36-16-21)24(14-26(29)35)17-37-27(18-38)33(42)45-31(41)12-11-30(39)40/h1-16,27,37-38H,17-20H2,(H,39,40)/b12-11-/t27-/m0/s1. The highest BCUT2D eigenvalue weighted by atomic mass is 79.9. The van der Waals surface area contributed by atoms with E-state index in [0.717, 1.165) is 26.7 Å². The highest BCUT2D eigenvalue weighted by molar-refractivity contribution is 9.10. The van der Waals surface area contributed by atoms with Gasteiger partial charge in [-0.1, -0.05) is 66.2 Å². The Morgan fingerprint density at radius 2 is 1.71 bits per heavy atom. The smallest absolute Gasteiger partial charge is 0.338 e. The van der Waals surface area contributed by atoms with Gasteiger partial charge in [0.15, 0.2) is 0 Å². The van der Waals surface area contributed by atoms with Gasteiger partial charge in [-0.15, -0.1) is 0 Å². The quantitative estimate of drug-likeness (QED) is 0.0881. The maximum Gasteiger partial charge on any atom is 0.338 e. The van der Waals surface area contributed by atoms with Crippen LogP contribution in [0.2, 0.25) is 5.02 Å². The molecule has 0 fully saturated rings. The van der Waals surface area contributed by atoms with E-state index in [2.05, 4.69) is 31.0 Å². The van der Waals surface area contributed by atoms with E-state index in [-0.39, 0.29) is 24.8 Å². The number of nitrogens with zero attached hydrogens (tertiary/aromatic N) is 1. The van der Waals surface area contributed by atoms with Crippen molar-refractivity contribution in [2.24, 2.45) is 0 Å². The third kappa shape index (κ3) is 9.72. The molecule has 3 aromatic carbocycles. The first-order chi connectivity index (χ1) is 21.7. The molecule has 232 valence electrons. The molecule has 0 aliphatic heterocycles. The molecule has 3 N–H and O–H groups in total. The van der Waals surface area contributed by atoms with Crippen molar-refractivity contribution in [2.75, 3.05) is 6.61 Å². The molecular weight excluding hydrogens is 668 g/mol. The summed E-state index contributed by atoms with van der Waals surface area (Å²) in [6.07, 6.45) is 4.44. The third-order valence-corrected chi connectivity index (χ3v) is 7.58. The second kappa shape index (κ2) is 16.5. The minimum Gasteiger partial charge on any atom is -0.488 e. The van der Waals surface area contributed by atoms with E-state index in [4.69, 9.17) is 26.2 Å². The second-order valence-electron chi connectivity index (χ2n) is 9.50. The fraction of sp³-hybridized carbons (Fsp3) is 0.152. The largest absolute Gasteiger partial charge is 0.488 e. The summed E-state index contributed by atoms with van der Waals surface area (Å²) in [7, 11) is 0. The van der Waals surface area contributed by atoms with E-state index >= 15 is 0 Å². The van der Waals surface area contributed by atoms with Gasteiger partial charge in [-0.2, -0.15) is 0 Å². The maximum absolute atomic E-state index is 12.4. The number of carbonyl (C=O) groups excluding carboxylic acids is 2. The molecule has 0 aliphatic carbocycles. The highest BCUT2D eigenvalue weighted by Gasteiger charge is 2.22. The first-order valence-electron chi connectivity index (χ1n) is 13.6. The molecule has 0 saturated carbocycles. The summed E-state index contributed by atoms with van der Waals surface area (Å²) in [6.45, 7) is -0.356. The van der Waals surface area contributed by atoms with Crippen LogP contribution in [-0.2, 0) is 38.9 Å². The molecule has 1 atom stereocenters. The van der Waals surface area contributed by atoms with Crippen LogP contribution in [0.3, 0.4) is 0 Å². The minimum absolute atomic E-state index is 0.0213. The number of aliphatic hydroxyl groups excluding tert-OH is 1. The number of aromatic nitrogens is 1. The molecule has 10 nitrogen and oxygen atoms in total. The zero-order valence-corrected chi connectivity index (χ0v) is 26.0. The van der Waals surface area contributed by atoms with Crippen LogP contribution in [0.4, 0.5) is 0 Å². The fourth-order valence-corrected chi connectivity index (χ4v) is 4.94. The number of rotatable bonds is 14. The number of carbonyl (C=O) groups is 3. The van der Waals surface area contributed by atoms with Crippen molar-refractivity contribution >= 4 is 45.4 Å². The number of carboxylic acids is 1. The fourth-order valence-electron chi connectivity index (χ4n) is 4.09. The summed E-state index contributed by atoms with van der Waals surface area (Å²) >= 11 is 10.3. The number of hydrogen-bond acceptors (Lipinski definition) is 9. The van der Waals surface area contributed by atoms with Crippen LogP contribution in [0.1, 0.15) is 16.7 Å². The molecule has 0 unspecified atom stereocenters. The Balaban J connectivity index is 1.52. The Hall–Kier alpha value is -4.55. The number of halogens is 2. The first kappa shape index (κ1) is 33.3. The van der Waals surface area contributed by atoms with Crippen molar-refractivity contribution in [3.63, 3.8) is 0 Å². The van der Waals surface area contributed by atoms with Gasteiger partial charge in [0.1, 0.15) is 30.8 Å². The maximum atomic E-state index is 12.4. The van der Waals surface area contributed by atoms with E-state index in [1.807, 2.05) is 54.6 Å². The lowest BCUT2D eigenvalue weighted by Crippen LogP contribution is -2.41. The van der Waals surface area contributed by atoms with Gasteiger partial charge in [-0.3, -0.25) is 10.3 Å². The number of aliphatic carboxylic acids is 1. The van der Waals surface area contributed by atoms with Gasteiger partial charge in [0.25, 0.3) is 0 Å². The van der Waals surface area contributed by atoms with Crippen LogP contribution >= 0.6 is 27.5 Å². The molecule has 45 heavy (non-hydrogen) atoms. The number of pyridine rings is 1. The summed E-state index contributed by atoms with van der Waals surface area (Å²) in [5.41, 5.74) is 4.29. The summed E-state index contributed by atoms with van der Waals surface area (Å²) in [5, 5.41) is 21.5. The highest BCUT2D eigenvalue weighted by Crippen LogP contribution is 2.36. The molecule has 0 radical (unpaired) electrons. The molecule has 12 heteroatoms. The number of esters is 2. The Bertz CT molecular complexity index is 1670. The molecule has 1 aromatic heterocycles. The van der Waals surface area contributed by atoms with Gasteiger partial charge in [0.2, 0.25) is 0 Å². The Morgan fingerprint density at radius 3 is 2.42 bits per heavy atom. The monoisotopic (exact) mass is 694 g/mol. The number of ether oxygens (including phenoxy) is 3. The molecule has 4 aromatic rings. The summed E-state index contributed by atoms with van der Waals surface area (Å²) in [5.74, 6) is -2.92. The lowest BCUT2D eigenvalue weighted by Gasteiger charge is -2.19. The Labute approximate surface area is 272 Å². The number of hydrogen-bond donors (Lipinski definition) is 3. The van der Waals surface area contributed by atoms with Gasteiger partial charge in [0.05, 0.1) is 11.6 Å². The predicted octanol–water partition coefficient (Wildman–Crippen LogP) is 5.48. The van der Waals surface area contributed by atoms with Crippen LogP contribution in [0.5, 0.6) is 11.5 Å². The van der Waals surface area contributed by atoms with Crippen molar-refractivity contribution in [1.82, 2.24) is 10.3 Å². The van der Waals surface area contributed by atoms with Crippen LogP contribution in [0, 0.1) is 0 Å². The number of benzene rings is 3. The lowest BCUT2D eigenvalue weighted by atomic mass is 10.0. The second-order valence-corrected chi connectivity index (χ2v) is 10.7. The zero-order valence-electron chi connectivity index (χ0n) is 23.7. The molecule has 4 rings (SSSR count). The SMILES string of the molecule is O=C(O)/C=C\C(=O)OC(=O)[C@H](CO)NCc1cc(Cl)c(OCc2cccc(-c3ccccc3)c2Br)cc1OCc1cccnc1. The van der Waals surface area contributed by atoms with Crippen molar-refractivity contribution in [3.05, 3.63) is 124 Å². The number of carboxylic acid groups (broad SMARTS) is 1. The van der Waals surface area contributed by atoms with Crippen molar-refractivity contribution in [1.29, 1.82) is 0 Å². The summed E-state index contributed by atoms with van der Waals surface area (Å²) in [6, 6.07) is 21.4. The Morgan fingerprint density at radius 1 is 0.933 bits per heavy atom. The molecule has 1 heterocycles. The number of aliphatic hydroxyl groups is 1. The van der Waals surface area contributed by atoms with Gasteiger partial charge in [0, 0.05) is 58.3 Å². The van der Waals surface area contributed by atoms with Gasteiger partial charge >= 0.3 is 17.9 Å². The van der Waals surface area contributed by atoms with Crippen LogP contribution in [0.25, 0.3) is 11.1 Å². The molecule has 0 aliphatic rings. The lowest BCUT2D eigenvalue weighted by molar-refractivity contribution is -0.158. The molecule has 0 bridgehead atoms. The molecule has 0 amide bonds. The summed E-state index contributed by atoms with van der Waals surface area (Å²) in [4.78, 5) is 38.8. The van der Waals surface area contributed by atoms with E-state index < -0.39 is 30.6 Å². The van der Waals surface area contributed by atoms with Crippen LogP contribution < -0.4 is 14.8 Å². The molecule has 0 spiro atoms. The summed E-state index contributed by atoms with van der Waals surface area (Å²) < 4.78 is 17.7. The van der Waals surface area contributed by atoms with Crippen molar-refractivity contribution < 1.29 is 38.8 Å². The van der Waals surface area contributed by atoms with E-state index in [1.54, 1.807) is 30.6 Å². The van der Waals surface area contributed by atoms with E-state index in [0.29, 0.717) is 29.2 Å². The van der Waals surface area contributed by atoms with Gasteiger partial charge in [-0.25, -0.2) is 14.4 Å². The van der Waals surface area contributed by atoms with Gasteiger partial charge < -0.3 is 24.4 Å². The average molecular weight is 696 g/mol. The first-order valence-corrected chi connectivity index (χ1v) is 14.7. The zero-order chi connectivity index (χ0) is 32.2. The van der Waals surface area contributed by atoms with E-state index in [1.165, 1.54) is 0 Å². The average Bonchev–Trinajstić information content (AvgIpc) is 3.04. The molecular formula is C33H28BrClN2O8. The van der Waals surface area contributed by atoms with Gasteiger partial charge in [-0.05, 0) is 39.2 Å². The van der Waals surface area contributed by atoms with Crippen molar-refractivity contribution in [2.45, 2.75) is 25.8 Å².